The maximum Gasteiger partial charge on any atom is 0.253 e. The Bertz CT molecular complexity index is 1200. The van der Waals surface area contributed by atoms with Crippen molar-refractivity contribution in [1.82, 2.24) is 19.9 Å². The van der Waals surface area contributed by atoms with Crippen LogP contribution in [0, 0.1) is 19.8 Å². The van der Waals surface area contributed by atoms with Crippen molar-refractivity contribution in [3.8, 4) is 0 Å². The maximum atomic E-state index is 12.9. The quantitative estimate of drug-likeness (QED) is 0.470. The fourth-order valence-corrected chi connectivity index (χ4v) is 5.16. The van der Waals surface area contributed by atoms with Crippen LogP contribution >= 0.6 is 0 Å². The molecule has 0 aliphatic carbocycles. The number of nitrogens with one attached hydrogen (secondary N) is 3. The third-order valence-corrected chi connectivity index (χ3v) is 7.65. The highest BCUT2D eigenvalue weighted by molar-refractivity contribution is 7.89. The van der Waals surface area contributed by atoms with Crippen LogP contribution in [-0.2, 0) is 21.4 Å². The Morgan fingerprint density at radius 3 is 2.29 bits per heavy atom. The normalized spacial score (nSPS) is 12.6. The van der Waals surface area contributed by atoms with Gasteiger partial charge in [-0.05, 0) is 49.6 Å². The van der Waals surface area contributed by atoms with Crippen molar-refractivity contribution in [2.24, 2.45) is 5.92 Å². The van der Waals surface area contributed by atoms with Gasteiger partial charge in [-0.3, -0.25) is 14.4 Å². The second kappa shape index (κ2) is 11.4. The molecule has 3 N–H and O–H groups in total. The zero-order valence-corrected chi connectivity index (χ0v) is 21.4. The van der Waals surface area contributed by atoms with Crippen LogP contribution in [0.3, 0.4) is 0 Å². The van der Waals surface area contributed by atoms with Crippen LogP contribution in [0.4, 0.5) is 0 Å². The Kier molecular flexibility index (Phi) is 9.17. The van der Waals surface area contributed by atoms with E-state index in [0.717, 1.165) is 11.3 Å². The maximum absolute atomic E-state index is 12.9. The first-order valence-electron chi connectivity index (χ1n) is 11.3. The average Bonchev–Trinajstić information content (AvgIpc) is 2.76. The summed E-state index contributed by atoms with van der Waals surface area (Å²) in [5.41, 5.74) is 1.81. The average molecular weight is 491 g/mol. The lowest BCUT2D eigenvalue weighted by molar-refractivity contribution is -0.124. The molecule has 0 fully saturated rings. The number of carbonyl (C=O) groups is 2. The van der Waals surface area contributed by atoms with Crippen LogP contribution in [0.1, 0.15) is 54.9 Å². The van der Waals surface area contributed by atoms with Crippen molar-refractivity contribution in [2.45, 2.75) is 59.0 Å². The van der Waals surface area contributed by atoms with Crippen molar-refractivity contribution < 1.29 is 18.0 Å². The molecule has 2 amide bonds. The van der Waals surface area contributed by atoms with Crippen molar-refractivity contribution in [1.29, 1.82) is 0 Å². The van der Waals surface area contributed by atoms with Gasteiger partial charge in [0, 0.05) is 36.5 Å². The lowest BCUT2D eigenvalue weighted by Crippen LogP contribution is -2.49. The summed E-state index contributed by atoms with van der Waals surface area (Å²) >= 11 is 0. The summed E-state index contributed by atoms with van der Waals surface area (Å²) in [6.07, 6.45) is 0. The van der Waals surface area contributed by atoms with E-state index in [9.17, 15) is 22.8 Å². The van der Waals surface area contributed by atoms with Crippen LogP contribution in [-0.4, -0.2) is 48.7 Å². The second-order valence-corrected chi connectivity index (χ2v) is 10.4. The molecule has 0 radical (unpaired) electrons. The Labute approximate surface area is 201 Å². The summed E-state index contributed by atoms with van der Waals surface area (Å²) in [5.74, 6) is -1.24. The first-order valence-corrected chi connectivity index (χ1v) is 12.7. The van der Waals surface area contributed by atoms with Gasteiger partial charge in [0.2, 0.25) is 15.9 Å². The second-order valence-electron chi connectivity index (χ2n) is 8.47. The molecule has 0 saturated carbocycles. The molecule has 2 rings (SSSR count). The number of aryl methyl sites for hydroxylation is 2. The van der Waals surface area contributed by atoms with Crippen molar-refractivity contribution in [3.05, 3.63) is 63.1 Å². The van der Waals surface area contributed by atoms with Gasteiger partial charge in [-0.15, -0.1) is 0 Å². The molecule has 0 spiro atoms. The molecule has 0 aliphatic heterocycles. The molecule has 2 aromatic rings. The SMILES string of the molecule is CCN(CC)S(=O)(=O)c1cccc(C(=O)N[C@H](C(=O)NCc2c(C)cc(C)[nH]c2=O)C(C)C)c1. The van der Waals surface area contributed by atoms with Crippen LogP contribution < -0.4 is 16.2 Å². The molecular weight excluding hydrogens is 456 g/mol. The van der Waals surface area contributed by atoms with Crippen LogP contribution in [0.5, 0.6) is 0 Å². The molecular formula is C24H34N4O5S. The third-order valence-electron chi connectivity index (χ3n) is 5.61. The van der Waals surface area contributed by atoms with E-state index < -0.39 is 27.9 Å². The lowest BCUT2D eigenvalue weighted by Gasteiger charge is -2.22. The predicted octanol–water partition coefficient (Wildman–Crippen LogP) is 2.09. The minimum Gasteiger partial charge on any atom is -0.350 e. The molecule has 34 heavy (non-hydrogen) atoms. The number of sulfonamides is 1. The number of aromatic amines is 1. The standard InChI is InChI=1S/C24H34N4O5S/c1-7-28(8-2)34(32,33)19-11-9-10-18(13-19)22(29)27-21(15(3)4)24(31)25-14-20-16(5)12-17(6)26-23(20)30/h9-13,15,21H,7-8,14H2,1-6H3,(H,25,31)(H,26,30)(H,27,29)/t21-/m0/s1. The molecule has 1 heterocycles. The van der Waals surface area contributed by atoms with E-state index in [0.29, 0.717) is 18.7 Å². The minimum atomic E-state index is -3.73. The largest absolute Gasteiger partial charge is 0.350 e. The molecule has 10 heteroatoms. The van der Waals surface area contributed by atoms with Crippen LogP contribution in [0.2, 0.25) is 0 Å². The van der Waals surface area contributed by atoms with Crippen molar-refractivity contribution >= 4 is 21.8 Å². The monoisotopic (exact) mass is 490 g/mol. The first kappa shape index (κ1) is 27.3. The highest BCUT2D eigenvalue weighted by atomic mass is 32.2. The topological polar surface area (TPSA) is 128 Å². The van der Waals surface area contributed by atoms with E-state index in [4.69, 9.17) is 0 Å². The van der Waals surface area contributed by atoms with Gasteiger partial charge in [0.25, 0.3) is 11.5 Å². The summed E-state index contributed by atoms with van der Waals surface area (Å²) in [6.45, 7) is 11.3. The predicted molar refractivity (Wildman–Crippen MR) is 131 cm³/mol. The molecule has 1 aromatic carbocycles. The Balaban J connectivity index is 2.19. The number of carbonyl (C=O) groups excluding carboxylic acids is 2. The van der Waals surface area contributed by atoms with Gasteiger partial charge in [-0.2, -0.15) is 4.31 Å². The Morgan fingerprint density at radius 1 is 1.09 bits per heavy atom. The number of pyridine rings is 1. The number of hydrogen-bond acceptors (Lipinski definition) is 5. The van der Waals surface area contributed by atoms with E-state index in [-0.39, 0.29) is 28.5 Å². The van der Waals surface area contributed by atoms with Gasteiger partial charge in [-0.25, -0.2) is 8.42 Å². The third kappa shape index (κ3) is 6.32. The summed E-state index contributed by atoms with van der Waals surface area (Å²) < 4.78 is 26.9. The highest BCUT2D eigenvalue weighted by Gasteiger charge is 2.26. The zero-order chi connectivity index (χ0) is 25.6. The summed E-state index contributed by atoms with van der Waals surface area (Å²) in [5, 5.41) is 5.43. The number of H-pyrrole nitrogens is 1. The van der Waals surface area contributed by atoms with Gasteiger partial charge < -0.3 is 15.6 Å². The first-order chi connectivity index (χ1) is 15.9. The van der Waals surface area contributed by atoms with E-state index in [1.807, 2.05) is 6.07 Å². The van der Waals surface area contributed by atoms with Crippen LogP contribution in [0.25, 0.3) is 0 Å². The van der Waals surface area contributed by atoms with Gasteiger partial charge in [0.15, 0.2) is 0 Å². The van der Waals surface area contributed by atoms with E-state index in [1.165, 1.54) is 28.6 Å². The fraction of sp³-hybridized carbons (Fsp3) is 0.458. The smallest absolute Gasteiger partial charge is 0.253 e. The minimum absolute atomic E-state index is 0.0171. The van der Waals surface area contributed by atoms with Gasteiger partial charge in [0.1, 0.15) is 6.04 Å². The van der Waals surface area contributed by atoms with E-state index in [2.05, 4.69) is 15.6 Å². The molecule has 0 saturated heterocycles. The van der Waals surface area contributed by atoms with Gasteiger partial charge >= 0.3 is 0 Å². The van der Waals surface area contributed by atoms with E-state index in [1.54, 1.807) is 41.5 Å². The van der Waals surface area contributed by atoms with Gasteiger partial charge in [-0.1, -0.05) is 33.8 Å². The zero-order valence-electron chi connectivity index (χ0n) is 20.6. The Hall–Kier alpha value is -2.98. The molecule has 1 atom stereocenters. The molecule has 186 valence electrons. The lowest BCUT2D eigenvalue weighted by atomic mass is 10.0. The summed E-state index contributed by atoms with van der Waals surface area (Å²) in [7, 11) is -3.73. The number of benzene rings is 1. The van der Waals surface area contributed by atoms with E-state index >= 15 is 0 Å². The van der Waals surface area contributed by atoms with Crippen molar-refractivity contribution in [2.75, 3.05) is 13.1 Å². The number of aromatic nitrogens is 1. The number of amides is 2. The highest BCUT2D eigenvalue weighted by Crippen LogP contribution is 2.17. The Morgan fingerprint density at radius 2 is 1.74 bits per heavy atom. The van der Waals surface area contributed by atoms with Crippen molar-refractivity contribution in [3.63, 3.8) is 0 Å². The molecule has 0 unspecified atom stereocenters. The van der Waals surface area contributed by atoms with Crippen LogP contribution in [0.15, 0.2) is 40.0 Å². The molecule has 1 aromatic heterocycles. The summed E-state index contributed by atoms with van der Waals surface area (Å²) in [6, 6.07) is 6.71. The number of nitrogens with zero attached hydrogens (tertiary/aromatic N) is 1. The molecule has 0 aliphatic rings. The molecule has 0 bridgehead atoms. The van der Waals surface area contributed by atoms with Gasteiger partial charge in [0.05, 0.1) is 4.90 Å². The molecule has 9 nitrogen and oxygen atoms in total. The summed E-state index contributed by atoms with van der Waals surface area (Å²) in [4.78, 5) is 40.7. The number of rotatable bonds is 10. The number of hydrogen-bond donors (Lipinski definition) is 3. The fourth-order valence-electron chi connectivity index (χ4n) is 3.66.